The van der Waals surface area contributed by atoms with Gasteiger partial charge in [-0.3, -0.25) is 4.79 Å². The predicted octanol–water partition coefficient (Wildman–Crippen LogP) is 4.60. The Bertz CT molecular complexity index is 519. The van der Waals surface area contributed by atoms with E-state index < -0.39 is 11.4 Å². The second kappa shape index (κ2) is 9.39. The van der Waals surface area contributed by atoms with Gasteiger partial charge in [-0.25, -0.2) is 0 Å². The van der Waals surface area contributed by atoms with Gasteiger partial charge in [0.1, 0.15) is 6.10 Å². The Hall–Kier alpha value is -1.12. The number of hydrogen-bond acceptors (Lipinski definition) is 5. The van der Waals surface area contributed by atoms with E-state index in [0.29, 0.717) is 11.8 Å². The molecule has 0 amide bonds. The highest BCUT2D eigenvalue weighted by Crippen LogP contribution is 2.38. The molecule has 0 radical (unpaired) electrons. The van der Waals surface area contributed by atoms with Crippen LogP contribution in [0, 0.1) is 34.5 Å². The summed E-state index contributed by atoms with van der Waals surface area (Å²) in [7, 11) is 0. The fourth-order valence-corrected chi connectivity index (χ4v) is 4.81. The van der Waals surface area contributed by atoms with E-state index in [2.05, 4.69) is 19.9 Å². The van der Waals surface area contributed by atoms with Crippen LogP contribution in [-0.4, -0.2) is 31.6 Å². The van der Waals surface area contributed by atoms with Gasteiger partial charge in [0.15, 0.2) is 6.29 Å². The van der Waals surface area contributed by atoms with Crippen molar-refractivity contribution in [3.63, 3.8) is 0 Å². The zero-order valence-electron chi connectivity index (χ0n) is 17.0. The number of ether oxygens (including phenoxy) is 3. The van der Waals surface area contributed by atoms with Crippen LogP contribution < -0.4 is 0 Å². The number of carbonyl (C=O) groups is 1. The van der Waals surface area contributed by atoms with Gasteiger partial charge in [-0.05, 0) is 63.2 Å². The lowest BCUT2D eigenvalue weighted by Crippen LogP contribution is -2.50. The van der Waals surface area contributed by atoms with Gasteiger partial charge in [0, 0.05) is 5.92 Å². The first-order valence-corrected chi connectivity index (χ1v) is 10.9. The molecule has 0 atom stereocenters. The van der Waals surface area contributed by atoms with E-state index >= 15 is 0 Å². The number of nitrogens with zero attached hydrogens (tertiary/aromatic N) is 1. The minimum absolute atomic E-state index is 0.0644. The molecule has 0 unspecified atom stereocenters. The number of hydrogen-bond donors (Lipinski definition) is 0. The van der Waals surface area contributed by atoms with Crippen molar-refractivity contribution in [2.75, 3.05) is 13.2 Å². The molecule has 2 saturated carbocycles. The lowest BCUT2D eigenvalue weighted by molar-refractivity contribution is -0.247. The summed E-state index contributed by atoms with van der Waals surface area (Å²) in [6, 6.07) is 2.14. The largest absolute Gasteiger partial charge is 0.461 e. The zero-order valence-corrected chi connectivity index (χ0v) is 17.0. The van der Waals surface area contributed by atoms with Crippen LogP contribution in [0.1, 0.15) is 78.1 Å². The maximum absolute atomic E-state index is 12.7. The van der Waals surface area contributed by atoms with E-state index in [4.69, 9.17) is 14.2 Å². The molecule has 0 bridgehead atoms. The number of esters is 1. The summed E-state index contributed by atoms with van der Waals surface area (Å²) in [6.07, 6.45) is 10.8. The Kier molecular flexibility index (Phi) is 7.16. The first kappa shape index (κ1) is 20.6. The molecule has 5 heteroatoms. The third-order valence-electron chi connectivity index (χ3n) is 6.80. The van der Waals surface area contributed by atoms with Crippen LogP contribution in [0.3, 0.4) is 0 Å². The average Bonchev–Trinajstić information content (AvgIpc) is 2.70. The SMILES string of the molecule is CCCC1CCC([C@H]2OC[C@@](C#N)(C(=O)OC3CCC(C)CC3)CO2)CC1. The summed E-state index contributed by atoms with van der Waals surface area (Å²) in [5.41, 5.74) is -1.31. The Balaban J connectivity index is 1.48. The fraction of sp³-hybridized carbons (Fsp3) is 0.909. The molecular formula is C22H35NO4. The smallest absolute Gasteiger partial charge is 0.331 e. The van der Waals surface area contributed by atoms with Crippen molar-refractivity contribution >= 4 is 5.97 Å². The van der Waals surface area contributed by atoms with Crippen molar-refractivity contribution in [2.24, 2.45) is 23.2 Å². The molecule has 1 aliphatic heterocycles. The average molecular weight is 378 g/mol. The van der Waals surface area contributed by atoms with Crippen LogP contribution in [0.15, 0.2) is 0 Å². The molecule has 3 fully saturated rings. The molecule has 0 aromatic carbocycles. The molecule has 1 heterocycles. The summed E-state index contributed by atoms with van der Waals surface area (Å²) in [5, 5.41) is 9.66. The highest BCUT2D eigenvalue weighted by molar-refractivity contribution is 5.80. The topological polar surface area (TPSA) is 68.5 Å². The minimum atomic E-state index is -1.31. The van der Waals surface area contributed by atoms with Gasteiger partial charge < -0.3 is 14.2 Å². The quantitative estimate of drug-likeness (QED) is 0.655. The maximum atomic E-state index is 12.7. The summed E-state index contributed by atoms with van der Waals surface area (Å²) < 4.78 is 17.5. The highest BCUT2D eigenvalue weighted by atomic mass is 16.7. The van der Waals surface area contributed by atoms with Crippen LogP contribution in [0.4, 0.5) is 0 Å². The lowest BCUT2D eigenvalue weighted by atomic mass is 9.79. The van der Waals surface area contributed by atoms with Crippen LogP contribution in [0.5, 0.6) is 0 Å². The molecule has 1 saturated heterocycles. The van der Waals surface area contributed by atoms with Crippen molar-refractivity contribution in [1.29, 1.82) is 5.26 Å². The normalized spacial score (nSPS) is 40.1. The highest BCUT2D eigenvalue weighted by Gasteiger charge is 2.48. The van der Waals surface area contributed by atoms with Crippen molar-refractivity contribution in [3.05, 3.63) is 0 Å². The minimum Gasteiger partial charge on any atom is -0.461 e. The molecule has 3 aliphatic rings. The Morgan fingerprint density at radius 1 is 1.07 bits per heavy atom. The van der Waals surface area contributed by atoms with Crippen molar-refractivity contribution < 1.29 is 19.0 Å². The summed E-state index contributed by atoms with van der Waals surface area (Å²) in [6.45, 7) is 4.65. The lowest BCUT2D eigenvalue weighted by Gasteiger charge is -2.40. The van der Waals surface area contributed by atoms with Crippen LogP contribution in [0.2, 0.25) is 0 Å². The molecular weight excluding hydrogens is 342 g/mol. The third-order valence-corrected chi connectivity index (χ3v) is 6.80. The second-order valence-corrected chi connectivity index (χ2v) is 9.04. The van der Waals surface area contributed by atoms with E-state index in [1.54, 1.807) is 0 Å². The maximum Gasteiger partial charge on any atom is 0.331 e. The molecule has 3 rings (SSSR count). The monoisotopic (exact) mass is 377 g/mol. The van der Waals surface area contributed by atoms with Gasteiger partial charge in [-0.15, -0.1) is 0 Å². The molecule has 5 nitrogen and oxygen atoms in total. The first-order chi connectivity index (χ1) is 13.1. The summed E-state index contributed by atoms with van der Waals surface area (Å²) in [5.74, 6) is 1.45. The van der Waals surface area contributed by atoms with Crippen molar-refractivity contribution in [2.45, 2.75) is 90.4 Å². The molecule has 0 aromatic rings. The zero-order chi connectivity index (χ0) is 19.3. The van der Waals surface area contributed by atoms with E-state index in [1.807, 2.05) is 0 Å². The van der Waals surface area contributed by atoms with E-state index in [0.717, 1.165) is 44.4 Å². The van der Waals surface area contributed by atoms with Crippen LogP contribution in [0.25, 0.3) is 0 Å². The van der Waals surface area contributed by atoms with Gasteiger partial charge in [-0.2, -0.15) is 5.26 Å². The Morgan fingerprint density at radius 3 is 2.26 bits per heavy atom. The number of rotatable bonds is 5. The summed E-state index contributed by atoms with van der Waals surface area (Å²) >= 11 is 0. The molecule has 0 spiro atoms. The molecule has 0 aromatic heterocycles. The van der Waals surface area contributed by atoms with E-state index in [9.17, 15) is 10.1 Å². The van der Waals surface area contributed by atoms with Crippen LogP contribution >= 0.6 is 0 Å². The Morgan fingerprint density at radius 2 is 1.70 bits per heavy atom. The Labute approximate surface area is 163 Å². The van der Waals surface area contributed by atoms with E-state index in [-0.39, 0.29) is 25.6 Å². The summed E-state index contributed by atoms with van der Waals surface area (Å²) in [4.78, 5) is 12.7. The van der Waals surface area contributed by atoms with Gasteiger partial charge in [0.05, 0.1) is 19.3 Å². The number of carbonyl (C=O) groups excluding carboxylic acids is 1. The molecule has 2 aliphatic carbocycles. The third kappa shape index (κ3) is 5.03. The first-order valence-electron chi connectivity index (χ1n) is 10.9. The van der Waals surface area contributed by atoms with Gasteiger partial charge in [-0.1, -0.05) is 26.7 Å². The van der Waals surface area contributed by atoms with Gasteiger partial charge >= 0.3 is 5.97 Å². The predicted molar refractivity (Wildman–Crippen MR) is 102 cm³/mol. The van der Waals surface area contributed by atoms with Crippen molar-refractivity contribution in [3.8, 4) is 6.07 Å². The molecule has 0 N–H and O–H groups in total. The molecule has 27 heavy (non-hydrogen) atoms. The van der Waals surface area contributed by atoms with Crippen LogP contribution in [-0.2, 0) is 19.0 Å². The van der Waals surface area contributed by atoms with E-state index in [1.165, 1.54) is 25.7 Å². The number of nitriles is 1. The van der Waals surface area contributed by atoms with Gasteiger partial charge in [0.25, 0.3) is 0 Å². The van der Waals surface area contributed by atoms with Crippen molar-refractivity contribution in [1.82, 2.24) is 0 Å². The standard InChI is InChI=1S/C22H35NO4/c1-3-4-17-7-9-18(10-8-17)20-25-14-22(13-23,15-26-20)21(24)27-19-11-5-16(2)6-12-19/h16-20H,3-12,14-15H2,1-2H3/t16?,17?,18?,19?,20-,22+. The van der Waals surface area contributed by atoms with Gasteiger partial charge in [0.2, 0.25) is 5.41 Å². The fourth-order valence-electron chi connectivity index (χ4n) is 4.81. The second-order valence-electron chi connectivity index (χ2n) is 9.04. The molecule has 152 valence electrons.